The number of para-hydroxylation sites is 1. The summed E-state index contributed by atoms with van der Waals surface area (Å²) in [4.78, 5) is 30.5. The summed E-state index contributed by atoms with van der Waals surface area (Å²) in [5, 5.41) is 2.31. The lowest BCUT2D eigenvalue weighted by Crippen LogP contribution is -2.21. The number of anilines is 1. The Hall–Kier alpha value is -1.94. The molecule has 0 aliphatic carbocycles. The number of amides is 1. The van der Waals surface area contributed by atoms with E-state index in [4.69, 9.17) is 0 Å². The predicted octanol–water partition coefficient (Wildman–Crippen LogP) is 1.74. The summed E-state index contributed by atoms with van der Waals surface area (Å²) in [7, 11) is -4.48. The molecule has 0 saturated carbocycles. The first-order valence-corrected chi connectivity index (χ1v) is 7.11. The summed E-state index contributed by atoms with van der Waals surface area (Å²) in [5.41, 5.74) is 0.535. The summed E-state index contributed by atoms with van der Waals surface area (Å²) in [6, 6.07) is 14.4. The quantitative estimate of drug-likeness (QED) is 0.746. The smallest absolute Gasteiger partial charge is 0.322 e. The molecule has 6 heteroatoms. The topological polar surface area (TPSA) is 86.6 Å². The molecule has 0 unspecified atom stereocenters. The monoisotopic (exact) mass is 277 g/mol. The van der Waals surface area contributed by atoms with Gasteiger partial charge in [0.15, 0.2) is 0 Å². The summed E-state index contributed by atoms with van der Waals surface area (Å²) < 4.78 is 11.3. The number of rotatable bonds is 3. The van der Waals surface area contributed by atoms with Crippen LogP contribution in [0.2, 0.25) is 0 Å². The van der Waals surface area contributed by atoms with Crippen LogP contribution in [0.25, 0.3) is 0 Å². The Balaban J connectivity index is 2.33. The molecule has 0 radical (unpaired) electrons. The highest BCUT2D eigenvalue weighted by Crippen LogP contribution is 2.34. The van der Waals surface area contributed by atoms with Crippen molar-refractivity contribution in [2.24, 2.45) is 0 Å². The summed E-state index contributed by atoms with van der Waals surface area (Å²) in [6.45, 7) is 0. The van der Waals surface area contributed by atoms with E-state index >= 15 is 0 Å². The van der Waals surface area contributed by atoms with Gasteiger partial charge in [0.2, 0.25) is 0 Å². The van der Waals surface area contributed by atoms with Crippen LogP contribution in [-0.4, -0.2) is 15.7 Å². The molecule has 2 aromatic carbocycles. The van der Waals surface area contributed by atoms with Gasteiger partial charge in [0, 0.05) is 5.69 Å². The van der Waals surface area contributed by atoms with Crippen molar-refractivity contribution in [1.29, 1.82) is 0 Å². The molecule has 19 heavy (non-hydrogen) atoms. The molecule has 0 aliphatic heterocycles. The van der Waals surface area contributed by atoms with Crippen LogP contribution in [0.1, 0.15) is 10.4 Å². The van der Waals surface area contributed by atoms with Crippen LogP contribution in [0.15, 0.2) is 54.6 Å². The molecular weight excluding hydrogens is 265 g/mol. The Morgan fingerprint density at radius 2 is 1.53 bits per heavy atom. The molecule has 3 N–H and O–H groups in total. The SMILES string of the molecule is O=C(Nc1ccccc1)c1ccccc1P(=O)(O)O. The Kier molecular flexibility index (Phi) is 3.81. The highest BCUT2D eigenvalue weighted by molar-refractivity contribution is 7.60. The van der Waals surface area contributed by atoms with Gasteiger partial charge in [0.05, 0.1) is 10.9 Å². The molecule has 98 valence electrons. The first kappa shape index (κ1) is 13.5. The second-order valence-electron chi connectivity index (χ2n) is 3.88. The van der Waals surface area contributed by atoms with Gasteiger partial charge in [-0.25, -0.2) is 0 Å². The molecule has 2 aromatic rings. The van der Waals surface area contributed by atoms with Gasteiger partial charge in [-0.05, 0) is 24.3 Å². The zero-order chi connectivity index (χ0) is 13.9. The molecule has 2 rings (SSSR count). The summed E-state index contributed by atoms with van der Waals surface area (Å²) in [5.74, 6) is -0.551. The number of benzene rings is 2. The third kappa shape index (κ3) is 3.29. The van der Waals surface area contributed by atoms with Crippen LogP contribution in [0, 0.1) is 0 Å². The number of hydrogen-bond acceptors (Lipinski definition) is 2. The third-order valence-corrected chi connectivity index (χ3v) is 3.51. The van der Waals surface area contributed by atoms with Gasteiger partial charge < -0.3 is 15.1 Å². The van der Waals surface area contributed by atoms with E-state index in [2.05, 4.69) is 5.32 Å². The first-order valence-electron chi connectivity index (χ1n) is 5.50. The van der Waals surface area contributed by atoms with Crippen molar-refractivity contribution in [1.82, 2.24) is 0 Å². The normalized spacial score (nSPS) is 11.1. The van der Waals surface area contributed by atoms with Crippen molar-refractivity contribution in [3.63, 3.8) is 0 Å². The largest absolute Gasteiger partial charge is 0.357 e. The lowest BCUT2D eigenvalue weighted by atomic mass is 10.2. The number of hydrogen-bond donors (Lipinski definition) is 3. The van der Waals surface area contributed by atoms with E-state index in [0.29, 0.717) is 5.69 Å². The summed E-state index contributed by atoms with van der Waals surface area (Å²) in [6.07, 6.45) is 0. The molecule has 0 bridgehead atoms. The summed E-state index contributed by atoms with van der Waals surface area (Å²) >= 11 is 0. The number of carbonyl (C=O) groups is 1. The fourth-order valence-corrected chi connectivity index (χ4v) is 2.41. The maximum atomic E-state index is 12.0. The van der Waals surface area contributed by atoms with Crippen molar-refractivity contribution in [3.05, 3.63) is 60.2 Å². The molecule has 0 atom stereocenters. The van der Waals surface area contributed by atoms with E-state index in [0.717, 1.165) is 0 Å². The van der Waals surface area contributed by atoms with Crippen molar-refractivity contribution >= 4 is 24.5 Å². The van der Waals surface area contributed by atoms with E-state index in [1.165, 1.54) is 18.2 Å². The van der Waals surface area contributed by atoms with Crippen LogP contribution in [0.5, 0.6) is 0 Å². The fourth-order valence-electron chi connectivity index (χ4n) is 1.64. The molecule has 0 aromatic heterocycles. The second-order valence-corrected chi connectivity index (χ2v) is 5.45. The van der Waals surface area contributed by atoms with E-state index in [-0.39, 0.29) is 10.9 Å². The molecule has 0 heterocycles. The minimum absolute atomic E-state index is 0.0281. The lowest BCUT2D eigenvalue weighted by molar-refractivity contribution is 0.102. The number of nitrogens with one attached hydrogen (secondary N) is 1. The molecule has 0 saturated heterocycles. The van der Waals surface area contributed by atoms with Crippen molar-refractivity contribution in [3.8, 4) is 0 Å². The first-order chi connectivity index (χ1) is 8.98. The van der Waals surface area contributed by atoms with Crippen LogP contribution in [-0.2, 0) is 4.57 Å². The Bertz CT molecular complexity index is 636. The molecular formula is C13H12NO4P. The standard InChI is InChI=1S/C13H12NO4P/c15-13(14-10-6-2-1-3-7-10)11-8-4-5-9-12(11)19(16,17)18/h1-9H,(H,14,15)(H2,16,17,18). The minimum atomic E-state index is -4.48. The zero-order valence-electron chi connectivity index (χ0n) is 9.85. The second kappa shape index (κ2) is 5.36. The Labute approximate surface area is 110 Å². The fraction of sp³-hybridized carbons (Fsp3) is 0. The van der Waals surface area contributed by atoms with Gasteiger partial charge in [-0.1, -0.05) is 30.3 Å². The predicted molar refractivity (Wildman–Crippen MR) is 72.5 cm³/mol. The molecule has 1 amide bonds. The molecule has 0 spiro atoms. The zero-order valence-corrected chi connectivity index (χ0v) is 10.7. The highest BCUT2D eigenvalue weighted by atomic mass is 31.2. The van der Waals surface area contributed by atoms with Crippen molar-refractivity contribution in [2.75, 3.05) is 5.32 Å². The van der Waals surface area contributed by atoms with Gasteiger partial charge in [-0.2, -0.15) is 0 Å². The minimum Gasteiger partial charge on any atom is -0.322 e. The Morgan fingerprint density at radius 1 is 0.947 bits per heavy atom. The van der Waals surface area contributed by atoms with Crippen molar-refractivity contribution < 1.29 is 19.1 Å². The molecule has 0 fully saturated rings. The Morgan fingerprint density at radius 3 is 2.16 bits per heavy atom. The van der Waals surface area contributed by atoms with E-state index in [1.807, 2.05) is 0 Å². The van der Waals surface area contributed by atoms with Crippen LogP contribution in [0.4, 0.5) is 5.69 Å². The van der Waals surface area contributed by atoms with Gasteiger partial charge in [0.1, 0.15) is 0 Å². The average molecular weight is 277 g/mol. The van der Waals surface area contributed by atoms with Gasteiger partial charge in [-0.15, -0.1) is 0 Å². The van der Waals surface area contributed by atoms with Crippen molar-refractivity contribution in [2.45, 2.75) is 0 Å². The van der Waals surface area contributed by atoms with Gasteiger partial charge in [-0.3, -0.25) is 9.36 Å². The van der Waals surface area contributed by atoms with Gasteiger partial charge in [0.25, 0.3) is 5.91 Å². The van der Waals surface area contributed by atoms with E-state index in [9.17, 15) is 19.1 Å². The van der Waals surface area contributed by atoms with E-state index in [1.54, 1.807) is 36.4 Å². The van der Waals surface area contributed by atoms with Gasteiger partial charge >= 0.3 is 7.60 Å². The van der Waals surface area contributed by atoms with Crippen LogP contribution >= 0.6 is 7.60 Å². The van der Waals surface area contributed by atoms with Crippen LogP contribution in [0.3, 0.4) is 0 Å². The third-order valence-electron chi connectivity index (χ3n) is 2.49. The maximum absolute atomic E-state index is 12.0. The maximum Gasteiger partial charge on any atom is 0.357 e. The van der Waals surface area contributed by atoms with E-state index < -0.39 is 13.5 Å². The lowest BCUT2D eigenvalue weighted by Gasteiger charge is -2.11. The highest BCUT2D eigenvalue weighted by Gasteiger charge is 2.24. The molecule has 0 aliphatic rings. The number of carbonyl (C=O) groups excluding carboxylic acids is 1. The molecule has 5 nitrogen and oxygen atoms in total. The average Bonchev–Trinajstić information content (AvgIpc) is 2.39. The van der Waals surface area contributed by atoms with Crippen LogP contribution < -0.4 is 10.6 Å².